The SMILES string of the molecule is NC(=S)c1cc(F)ccc1Nc1c(F)cccc1F. The molecule has 0 unspecified atom stereocenters. The molecule has 0 amide bonds. The Morgan fingerprint density at radius 3 is 2.26 bits per heavy atom. The molecule has 0 fully saturated rings. The lowest BCUT2D eigenvalue weighted by atomic mass is 10.1. The summed E-state index contributed by atoms with van der Waals surface area (Å²) in [5, 5.41) is 2.53. The topological polar surface area (TPSA) is 38.0 Å². The predicted molar refractivity (Wildman–Crippen MR) is 71.9 cm³/mol. The zero-order valence-corrected chi connectivity index (χ0v) is 10.4. The monoisotopic (exact) mass is 282 g/mol. The minimum absolute atomic E-state index is 0.0706. The Morgan fingerprint density at radius 1 is 1.05 bits per heavy atom. The number of nitrogens with one attached hydrogen (secondary N) is 1. The van der Waals surface area contributed by atoms with Gasteiger partial charge in [-0.3, -0.25) is 0 Å². The van der Waals surface area contributed by atoms with E-state index in [9.17, 15) is 13.2 Å². The first kappa shape index (κ1) is 13.4. The van der Waals surface area contributed by atoms with Crippen molar-refractivity contribution in [3.8, 4) is 0 Å². The number of benzene rings is 2. The third-order valence-electron chi connectivity index (χ3n) is 2.47. The van der Waals surface area contributed by atoms with Crippen LogP contribution in [0.15, 0.2) is 36.4 Å². The van der Waals surface area contributed by atoms with Crippen molar-refractivity contribution in [3.05, 3.63) is 59.4 Å². The lowest BCUT2D eigenvalue weighted by Crippen LogP contribution is -2.13. The number of hydrogen-bond donors (Lipinski definition) is 2. The molecule has 0 aliphatic carbocycles. The molecular weight excluding hydrogens is 273 g/mol. The van der Waals surface area contributed by atoms with Gasteiger partial charge < -0.3 is 11.1 Å². The Kier molecular flexibility index (Phi) is 3.71. The van der Waals surface area contributed by atoms with Crippen molar-refractivity contribution in [1.29, 1.82) is 0 Å². The molecular formula is C13H9F3N2S. The van der Waals surface area contributed by atoms with Gasteiger partial charge in [-0.2, -0.15) is 0 Å². The van der Waals surface area contributed by atoms with Gasteiger partial charge in [0.15, 0.2) is 0 Å². The second kappa shape index (κ2) is 5.27. The number of para-hydroxylation sites is 1. The summed E-state index contributed by atoms with van der Waals surface area (Å²) in [6.45, 7) is 0. The number of hydrogen-bond acceptors (Lipinski definition) is 2. The molecule has 0 aliphatic heterocycles. The van der Waals surface area contributed by atoms with E-state index in [4.69, 9.17) is 18.0 Å². The van der Waals surface area contributed by atoms with Crippen molar-refractivity contribution in [2.75, 3.05) is 5.32 Å². The van der Waals surface area contributed by atoms with E-state index < -0.39 is 17.5 Å². The Labute approximate surface area is 113 Å². The Bertz CT molecular complexity index is 624. The highest BCUT2D eigenvalue weighted by Gasteiger charge is 2.12. The number of thiocarbonyl (C=S) groups is 1. The molecule has 0 aliphatic rings. The largest absolute Gasteiger partial charge is 0.389 e. The molecule has 0 bridgehead atoms. The van der Waals surface area contributed by atoms with Crippen molar-refractivity contribution in [3.63, 3.8) is 0 Å². The van der Waals surface area contributed by atoms with Gasteiger partial charge in [-0.1, -0.05) is 18.3 Å². The minimum Gasteiger partial charge on any atom is -0.389 e. The van der Waals surface area contributed by atoms with Gasteiger partial charge in [0.1, 0.15) is 28.1 Å². The Morgan fingerprint density at radius 2 is 1.68 bits per heavy atom. The second-order valence-corrected chi connectivity index (χ2v) is 4.22. The van der Waals surface area contributed by atoms with Crippen LogP contribution in [-0.2, 0) is 0 Å². The number of halogens is 3. The van der Waals surface area contributed by atoms with Crippen LogP contribution in [-0.4, -0.2) is 4.99 Å². The van der Waals surface area contributed by atoms with Crippen LogP contribution in [0.5, 0.6) is 0 Å². The smallest absolute Gasteiger partial charge is 0.149 e. The van der Waals surface area contributed by atoms with Crippen molar-refractivity contribution in [2.24, 2.45) is 5.73 Å². The molecule has 2 aromatic carbocycles. The molecule has 0 saturated carbocycles. The van der Waals surface area contributed by atoms with E-state index in [1.54, 1.807) is 0 Å². The molecule has 0 saturated heterocycles. The summed E-state index contributed by atoms with van der Waals surface area (Å²) in [5.74, 6) is -2.07. The van der Waals surface area contributed by atoms with E-state index in [0.29, 0.717) is 0 Å². The third-order valence-corrected chi connectivity index (χ3v) is 2.69. The molecule has 0 atom stereocenters. The van der Waals surface area contributed by atoms with E-state index in [-0.39, 0.29) is 21.9 Å². The lowest BCUT2D eigenvalue weighted by Gasteiger charge is -2.12. The summed E-state index contributed by atoms with van der Waals surface area (Å²) in [5.41, 5.74) is 5.52. The lowest BCUT2D eigenvalue weighted by molar-refractivity contribution is 0.591. The van der Waals surface area contributed by atoms with Gasteiger partial charge in [0.25, 0.3) is 0 Å². The van der Waals surface area contributed by atoms with Crippen LogP contribution in [0.2, 0.25) is 0 Å². The molecule has 19 heavy (non-hydrogen) atoms. The van der Waals surface area contributed by atoms with Crippen molar-refractivity contribution < 1.29 is 13.2 Å². The third kappa shape index (κ3) is 2.85. The van der Waals surface area contributed by atoms with Gasteiger partial charge in [-0.05, 0) is 30.3 Å². The number of nitrogens with two attached hydrogens (primary N) is 1. The zero-order chi connectivity index (χ0) is 14.0. The summed E-state index contributed by atoms with van der Waals surface area (Å²) in [6, 6.07) is 7.02. The molecule has 0 spiro atoms. The van der Waals surface area contributed by atoms with Crippen LogP contribution < -0.4 is 11.1 Å². The van der Waals surface area contributed by atoms with Crippen LogP contribution in [0, 0.1) is 17.5 Å². The van der Waals surface area contributed by atoms with Gasteiger partial charge in [-0.25, -0.2) is 13.2 Å². The van der Waals surface area contributed by atoms with E-state index in [1.165, 1.54) is 12.1 Å². The average molecular weight is 282 g/mol. The molecule has 2 aromatic rings. The Balaban J connectivity index is 2.47. The van der Waals surface area contributed by atoms with Crippen molar-refractivity contribution in [2.45, 2.75) is 0 Å². The molecule has 0 radical (unpaired) electrons. The van der Waals surface area contributed by atoms with Gasteiger partial charge in [0.2, 0.25) is 0 Å². The molecule has 0 aromatic heterocycles. The van der Waals surface area contributed by atoms with Crippen LogP contribution in [0.25, 0.3) is 0 Å². The maximum Gasteiger partial charge on any atom is 0.149 e. The molecule has 6 heteroatoms. The zero-order valence-electron chi connectivity index (χ0n) is 9.58. The summed E-state index contributed by atoms with van der Waals surface area (Å²) >= 11 is 4.77. The fourth-order valence-electron chi connectivity index (χ4n) is 1.58. The van der Waals surface area contributed by atoms with Crippen LogP contribution in [0.1, 0.15) is 5.56 Å². The minimum atomic E-state index is -0.766. The fourth-order valence-corrected chi connectivity index (χ4v) is 1.75. The molecule has 98 valence electrons. The van der Waals surface area contributed by atoms with E-state index in [2.05, 4.69) is 5.32 Å². The molecule has 0 heterocycles. The summed E-state index contributed by atoms with van der Waals surface area (Å²) in [4.78, 5) is -0.0706. The van der Waals surface area contributed by atoms with Crippen molar-refractivity contribution in [1.82, 2.24) is 0 Å². The molecule has 2 nitrogen and oxygen atoms in total. The van der Waals surface area contributed by atoms with Crippen LogP contribution in [0.3, 0.4) is 0 Å². The number of rotatable bonds is 3. The first-order valence-electron chi connectivity index (χ1n) is 5.29. The second-order valence-electron chi connectivity index (χ2n) is 3.78. The quantitative estimate of drug-likeness (QED) is 0.846. The molecule has 2 rings (SSSR count). The van der Waals surface area contributed by atoms with Gasteiger partial charge >= 0.3 is 0 Å². The molecule has 3 N–H and O–H groups in total. The van der Waals surface area contributed by atoms with E-state index in [0.717, 1.165) is 24.3 Å². The maximum atomic E-state index is 13.5. The van der Waals surface area contributed by atoms with Crippen LogP contribution >= 0.6 is 12.2 Å². The van der Waals surface area contributed by atoms with Crippen molar-refractivity contribution >= 4 is 28.6 Å². The maximum absolute atomic E-state index is 13.5. The summed E-state index contributed by atoms with van der Waals surface area (Å²) in [6.07, 6.45) is 0. The normalized spacial score (nSPS) is 10.3. The van der Waals surface area contributed by atoms with Gasteiger partial charge in [-0.15, -0.1) is 0 Å². The highest BCUT2D eigenvalue weighted by Crippen LogP contribution is 2.26. The summed E-state index contributed by atoms with van der Waals surface area (Å²) in [7, 11) is 0. The van der Waals surface area contributed by atoms with Gasteiger partial charge in [0.05, 0.1) is 0 Å². The fraction of sp³-hybridized carbons (Fsp3) is 0. The summed E-state index contributed by atoms with van der Waals surface area (Å²) < 4.78 is 40.1. The first-order chi connectivity index (χ1) is 8.99. The Hall–Kier alpha value is -2.08. The predicted octanol–water partition coefficient (Wildman–Crippen LogP) is 3.48. The number of anilines is 2. The average Bonchev–Trinajstić information content (AvgIpc) is 2.35. The van der Waals surface area contributed by atoms with Crippen LogP contribution in [0.4, 0.5) is 24.5 Å². The standard InChI is InChI=1S/C13H9F3N2S/c14-7-4-5-11(8(6-7)13(17)19)18-12-9(15)2-1-3-10(12)16/h1-6,18H,(H2,17,19). The van der Waals surface area contributed by atoms with E-state index in [1.807, 2.05) is 0 Å². The first-order valence-corrected chi connectivity index (χ1v) is 5.70. The highest BCUT2D eigenvalue weighted by atomic mass is 32.1. The highest BCUT2D eigenvalue weighted by molar-refractivity contribution is 7.80. The van der Waals surface area contributed by atoms with E-state index >= 15 is 0 Å². The van der Waals surface area contributed by atoms with Gasteiger partial charge in [0, 0.05) is 11.3 Å².